The molecule has 122 valence electrons. The van der Waals surface area contributed by atoms with Crippen molar-refractivity contribution >= 4 is 0 Å². The van der Waals surface area contributed by atoms with E-state index in [0.717, 1.165) is 36.3 Å². The number of hydrogen-bond donors (Lipinski definition) is 0. The van der Waals surface area contributed by atoms with E-state index in [-0.39, 0.29) is 11.2 Å². The number of rotatable bonds is 4. The van der Waals surface area contributed by atoms with Gasteiger partial charge in [-0.1, -0.05) is 31.3 Å². The molecule has 0 bridgehead atoms. The van der Waals surface area contributed by atoms with Crippen LogP contribution in [0.2, 0.25) is 0 Å². The summed E-state index contributed by atoms with van der Waals surface area (Å²) in [7, 11) is 0. The van der Waals surface area contributed by atoms with Crippen molar-refractivity contribution in [2.45, 2.75) is 78.9 Å². The summed E-state index contributed by atoms with van der Waals surface area (Å²) in [5.74, 6) is 8.09. The highest BCUT2D eigenvalue weighted by molar-refractivity contribution is 5.55. The van der Waals surface area contributed by atoms with Gasteiger partial charge in [0.1, 0.15) is 28.3 Å². The van der Waals surface area contributed by atoms with E-state index in [1.54, 1.807) is 0 Å². The molecule has 0 fully saturated rings. The smallest absolute Gasteiger partial charge is 0.139 e. The highest BCUT2D eigenvalue weighted by Gasteiger charge is 2.19. The lowest BCUT2D eigenvalue weighted by atomic mass is 10.1. The van der Waals surface area contributed by atoms with Crippen molar-refractivity contribution in [2.24, 2.45) is 0 Å². The highest BCUT2D eigenvalue weighted by atomic mass is 16.5. The predicted molar refractivity (Wildman–Crippen MR) is 93.6 cm³/mol. The topological polar surface area (TPSA) is 18.5 Å². The summed E-state index contributed by atoms with van der Waals surface area (Å²) >= 11 is 0. The van der Waals surface area contributed by atoms with Crippen molar-refractivity contribution in [3.8, 4) is 23.3 Å². The summed E-state index contributed by atoms with van der Waals surface area (Å²) in [6.45, 7) is 14.4. The minimum atomic E-state index is -0.264. The molecule has 0 aliphatic heterocycles. The molecular formula is C20H30O2. The van der Waals surface area contributed by atoms with Crippen LogP contribution in [0.5, 0.6) is 11.5 Å². The summed E-state index contributed by atoms with van der Waals surface area (Å²) in [6.07, 6.45) is 3.17. The Labute approximate surface area is 136 Å². The Bertz CT molecular complexity index is 499. The second kappa shape index (κ2) is 7.58. The molecule has 2 nitrogen and oxygen atoms in total. The molecule has 22 heavy (non-hydrogen) atoms. The zero-order valence-electron chi connectivity index (χ0n) is 15.2. The normalized spacial score (nSPS) is 11.6. The molecule has 0 saturated heterocycles. The minimum absolute atomic E-state index is 0.264. The molecule has 2 heteroatoms. The molecular weight excluding hydrogens is 272 g/mol. The molecule has 0 spiro atoms. The second-order valence-corrected chi connectivity index (χ2v) is 7.46. The first-order valence-electron chi connectivity index (χ1n) is 8.12. The average molecular weight is 302 g/mol. The Morgan fingerprint density at radius 2 is 1.41 bits per heavy atom. The van der Waals surface area contributed by atoms with E-state index in [0.29, 0.717) is 0 Å². The molecule has 0 heterocycles. The molecule has 0 radical (unpaired) electrons. The number of ether oxygens (including phenoxy) is 2. The fourth-order valence-electron chi connectivity index (χ4n) is 1.88. The maximum absolute atomic E-state index is 6.06. The van der Waals surface area contributed by atoms with Crippen LogP contribution in [-0.4, -0.2) is 11.2 Å². The van der Waals surface area contributed by atoms with Gasteiger partial charge in [0.2, 0.25) is 0 Å². The van der Waals surface area contributed by atoms with Crippen LogP contribution in [-0.2, 0) is 0 Å². The maximum Gasteiger partial charge on any atom is 0.139 e. The summed E-state index contributed by atoms with van der Waals surface area (Å²) in [5.41, 5.74) is 0.323. The lowest BCUT2D eigenvalue weighted by molar-refractivity contribution is 0.120. The third-order valence-corrected chi connectivity index (χ3v) is 2.69. The van der Waals surface area contributed by atoms with E-state index >= 15 is 0 Å². The van der Waals surface area contributed by atoms with Gasteiger partial charge in [0.05, 0.1) is 0 Å². The molecule has 0 atom stereocenters. The van der Waals surface area contributed by atoms with E-state index in [1.165, 1.54) is 0 Å². The summed E-state index contributed by atoms with van der Waals surface area (Å²) in [4.78, 5) is 0. The van der Waals surface area contributed by atoms with Crippen LogP contribution in [0.3, 0.4) is 0 Å². The standard InChI is InChI=1S/C20H30O2/c1-8-9-10-11-13-16-17(21-19(2,3)4)14-12-15-18(16)22-20(5,6)7/h12,14-15H,8-10H2,1-7H3. The van der Waals surface area contributed by atoms with Crippen molar-refractivity contribution in [1.82, 2.24) is 0 Å². The molecule has 1 aromatic rings. The van der Waals surface area contributed by atoms with Gasteiger partial charge in [0.25, 0.3) is 0 Å². The van der Waals surface area contributed by atoms with Crippen LogP contribution in [0.15, 0.2) is 18.2 Å². The lowest BCUT2D eigenvalue weighted by Gasteiger charge is -2.26. The van der Waals surface area contributed by atoms with Gasteiger partial charge >= 0.3 is 0 Å². The van der Waals surface area contributed by atoms with Crippen LogP contribution in [0.1, 0.15) is 73.3 Å². The van der Waals surface area contributed by atoms with E-state index in [1.807, 2.05) is 59.7 Å². The van der Waals surface area contributed by atoms with Gasteiger partial charge in [-0.2, -0.15) is 0 Å². The largest absolute Gasteiger partial charge is 0.487 e. The van der Waals surface area contributed by atoms with Crippen LogP contribution in [0.25, 0.3) is 0 Å². The quantitative estimate of drug-likeness (QED) is 0.533. The van der Waals surface area contributed by atoms with Crippen molar-refractivity contribution in [3.05, 3.63) is 23.8 Å². The maximum atomic E-state index is 6.06. The lowest BCUT2D eigenvalue weighted by Crippen LogP contribution is -2.25. The van der Waals surface area contributed by atoms with E-state index < -0.39 is 0 Å². The molecule has 0 N–H and O–H groups in total. The van der Waals surface area contributed by atoms with Gasteiger partial charge in [-0.05, 0) is 60.1 Å². The zero-order chi connectivity index (χ0) is 16.8. The fourth-order valence-corrected chi connectivity index (χ4v) is 1.88. The van der Waals surface area contributed by atoms with E-state index in [9.17, 15) is 0 Å². The Balaban J connectivity index is 3.19. The molecule has 0 aliphatic carbocycles. The summed E-state index contributed by atoms with van der Waals surface area (Å²) in [5, 5.41) is 0. The Morgan fingerprint density at radius 1 is 0.909 bits per heavy atom. The first kappa shape index (κ1) is 18.4. The molecule has 0 amide bonds. The van der Waals surface area contributed by atoms with Crippen molar-refractivity contribution in [1.29, 1.82) is 0 Å². The predicted octanol–water partition coefficient (Wildman–Crippen LogP) is 5.58. The van der Waals surface area contributed by atoms with Gasteiger partial charge in [-0.15, -0.1) is 0 Å². The Kier molecular flexibility index (Phi) is 6.35. The van der Waals surface area contributed by atoms with Crippen LogP contribution in [0.4, 0.5) is 0 Å². The van der Waals surface area contributed by atoms with Gasteiger partial charge in [-0.25, -0.2) is 0 Å². The Morgan fingerprint density at radius 3 is 1.82 bits per heavy atom. The van der Waals surface area contributed by atoms with Crippen molar-refractivity contribution in [2.75, 3.05) is 0 Å². The molecule has 0 aromatic heterocycles. The number of unbranched alkanes of at least 4 members (excludes halogenated alkanes) is 2. The van der Waals surface area contributed by atoms with Crippen LogP contribution >= 0.6 is 0 Å². The number of hydrogen-bond acceptors (Lipinski definition) is 2. The second-order valence-electron chi connectivity index (χ2n) is 7.46. The third-order valence-electron chi connectivity index (χ3n) is 2.69. The van der Waals surface area contributed by atoms with Crippen LogP contribution in [0, 0.1) is 11.8 Å². The Hall–Kier alpha value is -1.62. The van der Waals surface area contributed by atoms with Crippen LogP contribution < -0.4 is 9.47 Å². The first-order chi connectivity index (χ1) is 10.1. The summed E-state index contributed by atoms with van der Waals surface area (Å²) in [6, 6.07) is 5.88. The SMILES string of the molecule is CCCCC#Cc1c(OC(C)(C)C)cccc1OC(C)(C)C. The molecule has 0 aliphatic rings. The fraction of sp³-hybridized carbons (Fsp3) is 0.600. The molecule has 0 saturated carbocycles. The van der Waals surface area contributed by atoms with Gasteiger partial charge in [0, 0.05) is 6.42 Å². The average Bonchev–Trinajstić information content (AvgIpc) is 2.33. The molecule has 0 unspecified atom stereocenters. The van der Waals surface area contributed by atoms with Gasteiger partial charge < -0.3 is 9.47 Å². The monoisotopic (exact) mass is 302 g/mol. The minimum Gasteiger partial charge on any atom is -0.487 e. The molecule has 1 rings (SSSR count). The highest BCUT2D eigenvalue weighted by Crippen LogP contribution is 2.32. The van der Waals surface area contributed by atoms with Gasteiger partial charge in [0.15, 0.2) is 0 Å². The van der Waals surface area contributed by atoms with E-state index in [2.05, 4.69) is 18.8 Å². The van der Waals surface area contributed by atoms with Crippen molar-refractivity contribution in [3.63, 3.8) is 0 Å². The third kappa shape index (κ3) is 6.89. The van der Waals surface area contributed by atoms with Gasteiger partial charge in [-0.3, -0.25) is 0 Å². The molecule has 1 aromatic carbocycles. The van der Waals surface area contributed by atoms with Crippen molar-refractivity contribution < 1.29 is 9.47 Å². The summed E-state index contributed by atoms with van der Waals surface area (Å²) < 4.78 is 12.1. The van der Waals surface area contributed by atoms with E-state index in [4.69, 9.17) is 9.47 Å². The first-order valence-corrected chi connectivity index (χ1v) is 8.12. The number of benzene rings is 1. The zero-order valence-corrected chi connectivity index (χ0v) is 15.2.